The molecule has 2 aromatic rings. The Kier molecular flexibility index (Phi) is 4.25. The van der Waals surface area contributed by atoms with E-state index in [1.54, 1.807) is 11.8 Å². The average molecular weight is 315 g/mol. The summed E-state index contributed by atoms with van der Waals surface area (Å²) < 4.78 is 2.07. The number of thioether (sulfide) groups is 1. The Labute approximate surface area is 135 Å². The summed E-state index contributed by atoms with van der Waals surface area (Å²) >= 11 is 1.62. The zero-order chi connectivity index (χ0) is 15.7. The number of rotatable bonds is 3. The van der Waals surface area contributed by atoms with E-state index in [0.29, 0.717) is 6.04 Å². The molecule has 0 bridgehead atoms. The predicted octanol–water partition coefficient (Wildman–Crippen LogP) is 3.31. The van der Waals surface area contributed by atoms with E-state index >= 15 is 0 Å². The van der Waals surface area contributed by atoms with E-state index in [-0.39, 0.29) is 5.91 Å². The SMILES string of the molecule is CSc1ccccc1C(=O)N1CCC(n2nc(C)cc2C)C1. The second-order valence-electron chi connectivity index (χ2n) is 5.77. The molecule has 1 saturated heterocycles. The van der Waals surface area contributed by atoms with E-state index in [1.807, 2.05) is 42.3 Å². The molecular weight excluding hydrogens is 294 g/mol. The van der Waals surface area contributed by atoms with Gasteiger partial charge in [0.05, 0.1) is 17.3 Å². The van der Waals surface area contributed by atoms with Crippen LogP contribution in [0.15, 0.2) is 35.2 Å². The molecule has 2 heterocycles. The fraction of sp³-hybridized carbons (Fsp3) is 0.412. The molecular formula is C17H21N3OS. The van der Waals surface area contributed by atoms with Crippen molar-refractivity contribution in [1.29, 1.82) is 0 Å². The fourth-order valence-corrected chi connectivity index (χ4v) is 3.72. The molecule has 1 aliphatic heterocycles. The first kappa shape index (κ1) is 15.2. The van der Waals surface area contributed by atoms with E-state index in [9.17, 15) is 4.79 Å². The van der Waals surface area contributed by atoms with Crippen LogP contribution in [0.25, 0.3) is 0 Å². The van der Waals surface area contributed by atoms with Gasteiger partial charge >= 0.3 is 0 Å². The van der Waals surface area contributed by atoms with Gasteiger partial charge < -0.3 is 4.90 Å². The molecule has 1 aromatic heterocycles. The molecule has 1 unspecified atom stereocenters. The first-order valence-electron chi connectivity index (χ1n) is 7.55. The maximum atomic E-state index is 12.8. The highest BCUT2D eigenvalue weighted by Crippen LogP contribution is 2.27. The molecule has 1 aliphatic rings. The third-order valence-corrected chi connectivity index (χ3v) is 4.97. The molecule has 5 heteroatoms. The molecule has 0 spiro atoms. The van der Waals surface area contributed by atoms with Crippen molar-refractivity contribution in [3.8, 4) is 0 Å². The van der Waals surface area contributed by atoms with Crippen molar-refractivity contribution < 1.29 is 4.79 Å². The molecule has 0 aliphatic carbocycles. The summed E-state index contributed by atoms with van der Waals surface area (Å²) in [4.78, 5) is 15.8. The second-order valence-corrected chi connectivity index (χ2v) is 6.61. The summed E-state index contributed by atoms with van der Waals surface area (Å²) in [5.74, 6) is 0.133. The van der Waals surface area contributed by atoms with Crippen LogP contribution in [0, 0.1) is 13.8 Å². The lowest BCUT2D eigenvalue weighted by Crippen LogP contribution is -2.29. The van der Waals surface area contributed by atoms with E-state index in [2.05, 4.69) is 22.8 Å². The molecule has 1 atom stereocenters. The van der Waals surface area contributed by atoms with Crippen molar-refractivity contribution in [1.82, 2.24) is 14.7 Å². The van der Waals surface area contributed by atoms with Gasteiger partial charge in [0.2, 0.25) is 0 Å². The van der Waals surface area contributed by atoms with Gasteiger partial charge in [0.25, 0.3) is 5.91 Å². The van der Waals surface area contributed by atoms with E-state index in [0.717, 1.165) is 35.7 Å². The van der Waals surface area contributed by atoms with Gasteiger partial charge in [0.15, 0.2) is 0 Å². The largest absolute Gasteiger partial charge is 0.336 e. The van der Waals surface area contributed by atoms with Crippen molar-refractivity contribution in [2.45, 2.75) is 31.2 Å². The van der Waals surface area contributed by atoms with E-state index in [1.165, 1.54) is 5.69 Å². The summed E-state index contributed by atoms with van der Waals surface area (Å²) in [6.45, 7) is 5.62. The zero-order valence-corrected chi connectivity index (χ0v) is 14.1. The van der Waals surface area contributed by atoms with Crippen molar-refractivity contribution in [2.75, 3.05) is 19.3 Å². The minimum Gasteiger partial charge on any atom is -0.336 e. The number of benzene rings is 1. The number of amides is 1. The Morgan fingerprint density at radius 1 is 1.32 bits per heavy atom. The van der Waals surface area contributed by atoms with Crippen molar-refractivity contribution in [3.63, 3.8) is 0 Å². The van der Waals surface area contributed by atoms with Crippen molar-refractivity contribution in [3.05, 3.63) is 47.3 Å². The van der Waals surface area contributed by atoms with Crippen LogP contribution in [0.2, 0.25) is 0 Å². The minimum absolute atomic E-state index is 0.133. The van der Waals surface area contributed by atoms with Crippen LogP contribution in [0.3, 0.4) is 0 Å². The third kappa shape index (κ3) is 2.77. The number of aryl methyl sites for hydroxylation is 2. The number of aromatic nitrogens is 2. The van der Waals surface area contributed by atoms with Crippen molar-refractivity contribution in [2.24, 2.45) is 0 Å². The molecule has 0 saturated carbocycles. The van der Waals surface area contributed by atoms with Crippen LogP contribution in [-0.2, 0) is 0 Å². The first-order chi connectivity index (χ1) is 10.6. The number of hydrogen-bond donors (Lipinski definition) is 0. The number of likely N-dealkylation sites (tertiary alicyclic amines) is 1. The van der Waals surface area contributed by atoms with E-state index in [4.69, 9.17) is 0 Å². The molecule has 3 rings (SSSR count). The maximum absolute atomic E-state index is 12.8. The number of carbonyl (C=O) groups is 1. The van der Waals surface area contributed by atoms with Crippen LogP contribution >= 0.6 is 11.8 Å². The highest BCUT2D eigenvalue weighted by molar-refractivity contribution is 7.98. The van der Waals surface area contributed by atoms with Gasteiger partial charge in [-0.15, -0.1) is 11.8 Å². The lowest BCUT2D eigenvalue weighted by atomic mass is 10.2. The topological polar surface area (TPSA) is 38.1 Å². The lowest BCUT2D eigenvalue weighted by molar-refractivity contribution is 0.0783. The van der Waals surface area contributed by atoms with Gasteiger partial charge in [0, 0.05) is 23.7 Å². The van der Waals surface area contributed by atoms with Gasteiger partial charge in [-0.05, 0) is 44.7 Å². The summed E-state index contributed by atoms with van der Waals surface area (Å²) in [5.41, 5.74) is 3.01. The summed E-state index contributed by atoms with van der Waals surface area (Å²) in [5, 5.41) is 4.57. The average Bonchev–Trinajstić information content (AvgIpc) is 3.12. The monoisotopic (exact) mass is 315 g/mol. The minimum atomic E-state index is 0.133. The molecule has 116 valence electrons. The Balaban J connectivity index is 1.77. The quantitative estimate of drug-likeness (QED) is 0.816. The van der Waals surface area contributed by atoms with Gasteiger partial charge in [-0.2, -0.15) is 5.10 Å². The van der Waals surface area contributed by atoms with Gasteiger partial charge in [-0.3, -0.25) is 9.48 Å². The summed E-state index contributed by atoms with van der Waals surface area (Å²) in [6, 6.07) is 10.2. The molecule has 0 radical (unpaired) electrons. The summed E-state index contributed by atoms with van der Waals surface area (Å²) in [6.07, 6.45) is 2.98. The highest BCUT2D eigenvalue weighted by Gasteiger charge is 2.30. The number of hydrogen-bond acceptors (Lipinski definition) is 3. The Hall–Kier alpha value is -1.75. The van der Waals surface area contributed by atoms with Crippen LogP contribution < -0.4 is 0 Å². The number of nitrogens with zero attached hydrogens (tertiary/aromatic N) is 3. The second kappa shape index (κ2) is 6.16. The smallest absolute Gasteiger partial charge is 0.255 e. The molecule has 1 fully saturated rings. The normalized spacial score (nSPS) is 18.0. The van der Waals surface area contributed by atoms with Gasteiger partial charge in [-0.25, -0.2) is 0 Å². The molecule has 1 amide bonds. The van der Waals surface area contributed by atoms with Gasteiger partial charge in [-0.1, -0.05) is 12.1 Å². The van der Waals surface area contributed by atoms with Crippen LogP contribution in [0.5, 0.6) is 0 Å². The van der Waals surface area contributed by atoms with Gasteiger partial charge in [0.1, 0.15) is 0 Å². The summed E-state index contributed by atoms with van der Waals surface area (Å²) in [7, 11) is 0. The third-order valence-electron chi connectivity index (χ3n) is 4.18. The zero-order valence-electron chi connectivity index (χ0n) is 13.2. The highest BCUT2D eigenvalue weighted by atomic mass is 32.2. The Bertz CT molecular complexity index is 695. The lowest BCUT2D eigenvalue weighted by Gasteiger charge is -2.18. The molecule has 0 N–H and O–H groups in total. The fourth-order valence-electron chi connectivity index (χ4n) is 3.13. The molecule has 22 heavy (non-hydrogen) atoms. The maximum Gasteiger partial charge on any atom is 0.255 e. The van der Waals surface area contributed by atoms with Crippen LogP contribution in [-0.4, -0.2) is 39.9 Å². The van der Waals surface area contributed by atoms with Crippen LogP contribution in [0.4, 0.5) is 0 Å². The van der Waals surface area contributed by atoms with Crippen LogP contribution in [0.1, 0.15) is 34.2 Å². The van der Waals surface area contributed by atoms with Crippen molar-refractivity contribution >= 4 is 17.7 Å². The predicted molar refractivity (Wildman–Crippen MR) is 89.5 cm³/mol. The Morgan fingerprint density at radius 2 is 2.09 bits per heavy atom. The standard InChI is InChI=1S/C17H21N3OS/c1-12-10-13(2)20(18-12)14-8-9-19(11-14)17(21)15-6-4-5-7-16(15)22-3/h4-7,10,14H,8-9,11H2,1-3H3. The van der Waals surface area contributed by atoms with E-state index < -0.39 is 0 Å². The first-order valence-corrected chi connectivity index (χ1v) is 8.77. The molecule has 1 aromatic carbocycles. The molecule has 4 nitrogen and oxygen atoms in total. The number of carbonyl (C=O) groups excluding carboxylic acids is 1. The Morgan fingerprint density at radius 3 is 2.77 bits per heavy atom.